The average Bonchev–Trinajstić information content (AvgIpc) is 3.02. The molecule has 2 aliphatic heterocycles. The molecule has 0 spiro atoms. The lowest BCUT2D eigenvalue weighted by molar-refractivity contribution is -0.136. The maximum absolute atomic E-state index is 13.2. The van der Waals surface area contributed by atoms with Crippen LogP contribution in [-0.2, 0) is 36.9 Å². The number of rotatable bonds is 6. The lowest BCUT2D eigenvalue weighted by Gasteiger charge is -2.27. The first-order valence-electron chi connectivity index (χ1n) is 10.3. The van der Waals surface area contributed by atoms with Crippen molar-refractivity contribution < 1.29 is 36.4 Å². The van der Waals surface area contributed by atoms with E-state index in [1.165, 1.54) is 30.3 Å². The molecule has 0 aliphatic carbocycles. The highest BCUT2D eigenvalue weighted by Crippen LogP contribution is 2.31. The molecule has 2 aromatic rings. The Morgan fingerprint density at radius 2 is 1.85 bits per heavy atom. The quantitative estimate of drug-likeness (QED) is 0.436. The predicted molar refractivity (Wildman–Crippen MR) is 119 cm³/mol. The third-order valence-corrected chi connectivity index (χ3v) is 8.09. The van der Waals surface area contributed by atoms with E-state index in [0.717, 1.165) is 10.5 Å². The molecule has 0 bridgehead atoms. The molecule has 178 valence electrons. The number of fused-ring (bicyclic) bond motifs is 1. The second-order valence-corrected chi connectivity index (χ2v) is 10.9. The fourth-order valence-corrected chi connectivity index (χ4v) is 6.15. The number of imide groups is 2. The summed E-state index contributed by atoms with van der Waals surface area (Å²) in [7, 11) is -6.29. The minimum Gasteiger partial charge on any atom is -0.295 e. The van der Waals surface area contributed by atoms with Crippen LogP contribution in [0.1, 0.15) is 44.7 Å². The Kier molecular flexibility index (Phi) is 6.23. The van der Waals surface area contributed by atoms with Crippen molar-refractivity contribution in [3.63, 3.8) is 0 Å². The largest absolute Gasteiger partial charge is 0.295 e. The second kappa shape index (κ2) is 8.85. The van der Waals surface area contributed by atoms with Crippen LogP contribution in [-0.4, -0.2) is 57.5 Å². The molecule has 2 aromatic carbocycles. The minimum absolute atomic E-state index is 0.000324. The number of amides is 4. The first kappa shape index (κ1) is 23.9. The zero-order valence-electron chi connectivity index (χ0n) is 17.9. The van der Waals surface area contributed by atoms with Crippen molar-refractivity contribution in [2.75, 3.05) is 5.75 Å². The molecule has 2 unspecified atom stereocenters. The molecule has 12 heteroatoms. The lowest BCUT2D eigenvalue weighted by atomic mass is 10.0. The van der Waals surface area contributed by atoms with Crippen molar-refractivity contribution in [1.29, 1.82) is 0 Å². The number of hydrogen-bond donors (Lipinski definition) is 2. The van der Waals surface area contributed by atoms with Crippen molar-refractivity contribution in [2.45, 2.75) is 42.0 Å². The van der Waals surface area contributed by atoms with Gasteiger partial charge in [0.25, 0.3) is 21.9 Å². The number of hydrogen-bond acceptors (Lipinski definition) is 7. The summed E-state index contributed by atoms with van der Waals surface area (Å²) in [5.74, 6) is -2.79. The van der Waals surface area contributed by atoms with Gasteiger partial charge in [-0.25, -0.2) is 0 Å². The van der Waals surface area contributed by atoms with E-state index in [2.05, 4.69) is 5.32 Å². The first-order valence-corrected chi connectivity index (χ1v) is 13.0. The number of carbonyl (C=O) groups is 4. The van der Waals surface area contributed by atoms with E-state index in [-0.39, 0.29) is 51.5 Å². The van der Waals surface area contributed by atoms with Crippen LogP contribution in [0, 0.1) is 6.92 Å². The van der Waals surface area contributed by atoms with Crippen LogP contribution in [0.2, 0.25) is 0 Å². The van der Waals surface area contributed by atoms with Crippen LogP contribution < -0.4 is 5.32 Å². The summed E-state index contributed by atoms with van der Waals surface area (Å²) in [4.78, 5) is 50.4. The lowest BCUT2D eigenvalue weighted by Crippen LogP contribution is -2.54. The molecule has 34 heavy (non-hydrogen) atoms. The van der Waals surface area contributed by atoms with Gasteiger partial charge in [-0.1, -0.05) is 23.8 Å². The van der Waals surface area contributed by atoms with Gasteiger partial charge >= 0.3 is 0 Å². The summed E-state index contributed by atoms with van der Waals surface area (Å²) < 4.78 is 46.0. The molecular formula is C22H20N2O8S2. The van der Waals surface area contributed by atoms with Gasteiger partial charge in [0, 0.05) is 12.2 Å². The van der Waals surface area contributed by atoms with E-state index < -0.39 is 50.6 Å². The maximum atomic E-state index is 13.2. The number of nitrogens with zero attached hydrogens (tertiary/aromatic N) is 1. The summed E-state index contributed by atoms with van der Waals surface area (Å²) >= 11 is 0. The molecule has 4 rings (SSSR count). The molecule has 1 saturated heterocycles. The topological polar surface area (TPSA) is 155 Å². The van der Waals surface area contributed by atoms with Gasteiger partial charge in [0.15, 0.2) is 0 Å². The summed E-state index contributed by atoms with van der Waals surface area (Å²) in [6.07, 6.45) is 0.00158. The van der Waals surface area contributed by atoms with E-state index in [9.17, 15) is 36.4 Å². The number of benzene rings is 2. The van der Waals surface area contributed by atoms with Gasteiger partial charge in [0.05, 0.1) is 31.7 Å². The van der Waals surface area contributed by atoms with Gasteiger partial charge in [0.1, 0.15) is 6.04 Å². The Morgan fingerprint density at radius 1 is 1.12 bits per heavy atom. The Morgan fingerprint density at radius 3 is 2.53 bits per heavy atom. The van der Waals surface area contributed by atoms with Crippen molar-refractivity contribution in [2.24, 2.45) is 0 Å². The fraction of sp³-hybridized carbons (Fsp3) is 0.273. The van der Waals surface area contributed by atoms with Gasteiger partial charge in [-0.05, 0) is 43.5 Å². The van der Waals surface area contributed by atoms with Crippen LogP contribution in [0.15, 0.2) is 46.2 Å². The monoisotopic (exact) mass is 504 g/mol. The van der Waals surface area contributed by atoms with Gasteiger partial charge in [-0.15, -0.1) is 0 Å². The third kappa shape index (κ3) is 4.31. The highest BCUT2D eigenvalue weighted by atomic mass is 32.2. The molecule has 0 saturated carbocycles. The van der Waals surface area contributed by atoms with E-state index in [1.54, 1.807) is 13.0 Å². The molecule has 0 radical (unpaired) electrons. The standard InChI is InChI=1S/C22H20N2O8S2/c1-12-5-7-17(34(30,31)32)13(11-12)9-10-33(29)16-4-2-3-14-19(16)22(28)24(21(14)27)15-6-8-18(25)23-20(15)26/h2-5,7,11,15H,6,8-10H2,1H3,(H,23,25,26)(H,30,31,32). The molecule has 1 fully saturated rings. The smallest absolute Gasteiger partial charge is 0.294 e. The minimum atomic E-state index is -4.48. The van der Waals surface area contributed by atoms with E-state index >= 15 is 0 Å². The zero-order valence-corrected chi connectivity index (χ0v) is 19.6. The van der Waals surface area contributed by atoms with Crippen LogP contribution in [0.4, 0.5) is 0 Å². The highest BCUT2D eigenvalue weighted by molar-refractivity contribution is 7.86. The van der Waals surface area contributed by atoms with Gasteiger partial charge in [-0.2, -0.15) is 8.42 Å². The molecular weight excluding hydrogens is 484 g/mol. The summed E-state index contributed by atoms with van der Waals surface area (Å²) in [5.41, 5.74) is 0.954. The van der Waals surface area contributed by atoms with Crippen LogP contribution in [0.5, 0.6) is 0 Å². The van der Waals surface area contributed by atoms with E-state index in [1.807, 2.05) is 0 Å². The van der Waals surface area contributed by atoms with E-state index in [4.69, 9.17) is 0 Å². The van der Waals surface area contributed by atoms with Crippen molar-refractivity contribution in [3.8, 4) is 0 Å². The first-order chi connectivity index (χ1) is 16.0. The van der Waals surface area contributed by atoms with Crippen molar-refractivity contribution >= 4 is 44.5 Å². The predicted octanol–water partition coefficient (Wildman–Crippen LogP) is 0.993. The van der Waals surface area contributed by atoms with Crippen LogP contribution in [0.25, 0.3) is 0 Å². The number of aryl methyl sites for hydroxylation is 2. The van der Waals surface area contributed by atoms with Gasteiger partial charge in [-0.3, -0.25) is 38.2 Å². The molecule has 2 heterocycles. The van der Waals surface area contributed by atoms with E-state index in [0.29, 0.717) is 0 Å². The molecule has 2 atom stereocenters. The second-order valence-electron chi connectivity index (χ2n) is 8.01. The fourth-order valence-electron chi connectivity index (χ4n) is 4.14. The molecule has 2 N–H and O–H groups in total. The van der Waals surface area contributed by atoms with Gasteiger partial charge in [0.2, 0.25) is 11.8 Å². The summed E-state index contributed by atoms with van der Waals surface area (Å²) in [6.45, 7) is 1.74. The number of nitrogens with one attached hydrogen (secondary N) is 1. The normalized spacial score (nSPS) is 19.2. The Balaban J connectivity index is 1.61. The third-order valence-electron chi connectivity index (χ3n) is 5.73. The van der Waals surface area contributed by atoms with Crippen molar-refractivity contribution in [3.05, 3.63) is 58.7 Å². The summed E-state index contributed by atoms with van der Waals surface area (Å²) in [5, 5.41) is 2.12. The SMILES string of the molecule is Cc1ccc(S(=O)(=O)O)c(CCS(=O)c2cccc3c2C(=O)N(C2CCC(=O)NC2=O)C3=O)c1. The number of carbonyl (C=O) groups excluding carboxylic acids is 4. The molecule has 10 nitrogen and oxygen atoms in total. The highest BCUT2D eigenvalue weighted by Gasteiger charge is 2.46. The zero-order chi connectivity index (χ0) is 24.8. The van der Waals surface area contributed by atoms with Crippen LogP contribution in [0.3, 0.4) is 0 Å². The maximum Gasteiger partial charge on any atom is 0.294 e. The summed E-state index contributed by atoms with van der Waals surface area (Å²) in [6, 6.07) is 7.53. The average molecular weight is 505 g/mol. The Bertz CT molecular complexity index is 1380. The molecule has 0 aromatic heterocycles. The Hall–Kier alpha value is -3.22. The molecule has 2 aliphatic rings. The number of piperidine rings is 1. The van der Waals surface area contributed by atoms with Crippen LogP contribution >= 0.6 is 0 Å². The molecule has 4 amide bonds. The Labute approximate surface area is 197 Å². The van der Waals surface area contributed by atoms with Gasteiger partial charge < -0.3 is 0 Å². The van der Waals surface area contributed by atoms with Crippen molar-refractivity contribution in [1.82, 2.24) is 10.2 Å².